The summed E-state index contributed by atoms with van der Waals surface area (Å²) >= 11 is 1.41. The molecule has 22 heavy (non-hydrogen) atoms. The average molecular weight is 340 g/mol. The Labute approximate surface area is 132 Å². The molecular weight excluding hydrogens is 324 g/mol. The fourth-order valence-electron chi connectivity index (χ4n) is 1.60. The van der Waals surface area contributed by atoms with Crippen LogP contribution < -0.4 is 15.8 Å². The van der Waals surface area contributed by atoms with Gasteiger partial charge in [-0.25, -0.2) is 23.3 Å². The van der Waals surface area contributed by atoms with E-state index < -0.39 is 16.1 Å². The number of anilines is 2. The number of nitrogens with two attached hydrogens (primary N) is 1. The number of thiazole rings is 1. The predicted molar refractivity (Wildman–Crippen MR) is 86.7 cm³/mol. The van der Waals surface area contributed by atoms with Crippen molar-refractivity contribution in [3.8, 4) is 0 Å². The molecule has 2 aromatic rings. The summed E-state index contributed by atoms with van der Waals surface area (Å²) in [6.07, 6.45) is 1.73. The van der Waals surface area contributed by atoms with E-state index >= 15 is 0 Å². The van der Waals surface area contributed by atoms with Crippen LogP contribution in [0, 0.1) is 0 Å². The Morgan fingerprint density at radius 1 is 1.23 bits per heavy atom. The first kappa shape index (κ1) is 16.4. The molecule has 4 N–H and O–H groups in total. The fourth-order valence-corrected chi connectivity index (χ4v) is 2.93. The van der Waals surface area contributed by atoms with Crippen molar-refractivity contribution in [1.82, 2.24) is 4.98 Å². The number of benzene rings is 1. The summed E-state index contributed by atoms with van der Waals surface area (Å²) < 4.78 is 22.3. The van der Waals surface area contributed by atoms with Gasteiger partial charge in [0, 0.05) is 16.8 Å². The van der Waals surface area contributed by atoms with Crippen LogP contribution in [0.1, 0.15) is 24.6 Å². The standard InChI is InChI=1S/C13H16N4O3S2/c1-8(2)11-7-15-13(21-11)17-12(18)16-9-3-5-10(6-4-9)22(14,19)20/h3-8H,1-2H3,(H2,14,19,20)(H2,15,16,17,18). The van der Waals surface area contributed by atoms with Crippen molar-refractivity contribution >= 4 is 38.2 Å². The van der Waals surface area contributed by atoms with E-state index in [0.29, 0.717) is 16.7 Å². The summed E-state index contributed by atoms with van der Waals surface area (Å²) in [6.45, 7) is 4.09. The van der Waals surface area contributed by atoms with Crippen LogP contribution in [0.2, 0.25) is 0 Å². The number of hydrogen-bond donors (Lipinski definition) is 3. The summed E-state index contributed by atoms with van der Waals surface area (Å²) in [5.74, 6) is 0.349. The van der Waals surface area contributed by atoms with Crippen molar-refractivity contribution in [2.75, 3.05) is 10.6 Å². The number of sulfonamides is 1. The first-order chi connectivity index (χ1) is 10.3. The highest BCUT2D eigenvalue weighted by Gasteiger charge is 2.10. The summed E-state index contributed by atoms with van der Waals surface area (Å²) in [4.78, 5) is 17.0. The summed E-state index contributed by atoms with van der Waals surface area (Å²) in [7, 11) is -3.74. The van der Waals surface area contributed by atoms with E-state index in [1.165, 1.54) is 35.6 Å². The van der Waals surface area contributed by atoms with Gasteiger partial charge in [-0.15, -0.1) is 11.3 Å². The lowest BCUT2D eigenvalue weighted by molar-refractivity contribution is 0.262. The molecular formula is C13H16N4O3S2. The Morgan fingerprint density at radius 3 is 2.36 bits per heavy atom. The Morgan fingerprint density at radius 2 is 1.86 bits per heavy atom. The lowest BCUT2D eigenvalue weighted by Gasteiger charge is -2.06. The number of carbonyl (C=O) groups excluding carboxylic acids is 1. The Bertz CT molecular complexity index is 767. The third-order valence-corrected chi connectivity index (χ3v) is 4.90. The second-order valence-electron chi connectivity index (χ2n) is 4.87. The highest BCUT2D eigenvalue weighted by atomic mass is 32.2. The number of amides is 2. The molecule has 9 heteroatoms. The quantitative estimate of drug-likeness (QED) is 0.793. The molecule has 7 nitrogen and oxygen atoms in total. The highest BCUT2D eigenvalue weighted by molar-refractivity contribution is 7.89. The van der Waals surface area contributed by atoms with Gasteiger partial charge in [-0.3, -0.25) is 5.32 Å². The monoisotopic (exact) mass is 340 g/mol. The molecule has 0 fully saturated rings. The zero-order valence-corrected chi connectivity index (χ0v) is 13.7. The lowest BCUT2D eigenvalue weighted by atomic mass is 10.2. The summed E-state index contributed by atoms with van der Waals surface area (Å²) in [6, 6.07) is 5.12. The second kappa shape index (κ2) is 6.42. The van der Waals surface area contributed by atoms with Gasteiger partial charge in [0.25, 0.3) is 0 Å². The van der Waals surface area contributed by atoms with Crippen LogP contribution in [0.5, 0.6) is 0 Å². The predicted octanol–water partition coefficient (Wildman–Crippen LogP) is 2.56. The van der Waals surface area contributed by atoms with E-state index in [-0.39, 0.29) is 4.90 Å². The number of nitrogens with zero attached hydrogens (tertiary/aromatic N) is 1. The molecule has 0 atom stereocenters. The van der Waals surface area contributed by atoms with Crippen LogP contribution >= 0.6 is 11.3 Å². The van der Waals surface area contributed by atoms with E-state index in [0.717, 1.165) is 4.88 Å². The third kappa shape index (κ3) is 4.26. The molecule has 0 saturated heterocycles. The fraction of sp³-hybridized carbons (Fsp3) is 0.231. The molecule has 2 amide bonds. The molecule has 1 aromatic heterocycles. The van der Waals surface area contributed by atoms with E-state index in [4.69, 9.17) is 5.14 Å². The van der Waals surface area contributed by atoms with Crippen LogP contribution in [0.15, 0.2) is 35.4 Å². The molecule has 1 heterocycles. The Hall–Kier alpha value is -1.97. The SMILES string of the molecule is CC(C)c1cnc(NC(=O)Nc2ccc(S(N)(=O)=O)cc2)s1. The minimum Gasteiger partial charge on any atom is -0.308 e. The number of rotatable bonds is 4. The molecule has 0 unspecified atom stereocenters. The van der Waals surface area contributed by atoms with Crippen LogP contribution in [0.25, 0.3) is 0 Å². The first-order valence-electron chi connectivity index (χ1n) is 6.42. The average Bonchev–Trinajstić information content (AvgIpc) is 2.86. The highest BCUT2D eigenvalue weighted by Crippen LogP contribution is 2.25. The lowest BCUT2D eigenvalue weighted by Crippen LogP contribution is -2.19. The van der Waals surface area contributed by atoms with Crippen LogP contribution in [0.3, 0.4) is 0 Å². The molecule has 0 aliphatic carbocycles. The maximum absolute atomic E-state index is 11.8. The maximum Gasteiger partial charge on any atom is 0.325 e. The molecule has 0 bridgehead atoms. The first-order valence-corrected chi connectivity index (χ1v) is 8.78. The van der Waals surface area contributed by atoms with Crippen molar-refractivity contribution in [2.24, 2.45) is 5.14 Å². The molecule has 0 aliphatic heterocycles. The molecule has 0 aliphatic rings. The maximum atomic E-state index is 11.8. The van der Waals surface area contributed by atoms with Gasteiger partial charge in [-0.2, -0.15) is 0 Å². The number of carbonyl (C=O) groups is 1. The topological polar surface area (TPSA) is 114 Å². The van der Waals surface area contributed by atoms with E-state index in [1.807, 2.05) is 13.8 Å². The zero-order valence-electron chi connectivity index (χ0n) is 12.0. The Kier molecular flexibility index (Phi) is 4.79. The molecule has 1 aromatic carbocycles. The number of aromatic nitrogens is 1. The van der Waals surface area contributed by atoms with E-state index in [2.05, 4.69) is 15.6 Å². The van der Waals surface area contributed by atoms with Crippen molar-refractivity contribution in [3.63, 3.8) is 0 Å². The van der Waals surface area contributed by atoms with Gasteiger partial charge >= 0.3 is 6.03 Å². The van der Waals surface area contributed by atoms with Gasteiger partial charge < -0.3 is 5.32 Å². The van der Waals surface area contributed by atoms with Gasteiger partial charge in [0.15, 0.2) is 5.13 Å². The number of hydrogen-bond acceptors (Lipinski definition) is 5. The van der Waals surface area contributed by atoms with Gasteiger partial charge in [0.05, 0.1) is 4.90 Å². The molecule has 118 valence electrons. The minimum atomic E-state index is -3.74. The number of nitrogens with one attached hydrogen (secondary N) is 2. The van der Waals surface area contributed by atoms with Gasteiger partial charge in [0.1, 0.15) is 0 Å². The zero-order chi connectivity index (χ0) is 16.3. The van der Waals surface area contributed by atoms with Crippen LogP contribution in [-0.2, 0) is 10.0 Å². The Balaban J connectivity index is 1.99. The molecule has 0 radical (unpaired) electrons. The van der Waals surface area contributed by atoms with Crippen molar-refractivity contribution in [1.29, 1.82) is 0 Å². The smallest absolute Gasteiger partial charge is 0.308 e. The van der Waals surface area contributed by atoms with E-state index in [9.17, 15) is 13.2 Å². The van der Waals surface area contributed by atoms with Gasteiger partial charge in [0.2, 0.25) is 10.0 Å². The summed E-state index contributed by atoms with van der Waals surface area (Å²) in [5, 5.41) is 10.7. The normalized spacial score (nSPS) is 11.5. The minimum absolute atomic E-state index is 0.0139. The largest absolute Gasteiger partial charge is 0.325 e. The molecule has 2 rings (SSSR count). The molecule has 0 saturated carbocycles. The van der Waals surface area contributed by atoms with Gasteiger partial charge in [-0.05, 0) is 30.2 Å². The van der Waals surface area contributed by atoms with Crippen LogP contribution in [-0.4, -0.2) is 19.4 Å². The van der Waals surface area contributed by atoms with Crippen molar-refractivity contribution < 1.29 is 13.2 Å². The number of urea groups is 1. The third-order valence-electron chi connectivity index (χ3n) is 2.75. The second-order valence-corrected chi connectivity index (χ2v) is 7.49. The number of primary sulfonamides is 1. The molecule has 0 spiro atoms. The van der Waals surface area contributed by atoms with Crippen molar-refractivity contribution in [3.05, 3.63) is 35.3 Å². The van der Waals surface area contributed by atoms with Gasteiger partial charge in [-0.1, -0.05) is 13.8 Å². The summed E-state index contributed by atoms with van der Waals surface area (Å²) in [5.41, 5.74) is 0.450. The van der Waals surface area contributed by atoms with E-state index in [1.54, 1.807) is 6.20 Å². The van der Waals surface area contributed by atoms with Crippen LogP contribution in [0.4, 0.5) is 15.6 Å². The van der Waals surface area contributed by atoms with Crippen molar-refractivity contribution in [2.45, 2.75) is 24.7 Å².